The Bertz CT molecular complexity index is 1920. The molecule has 0 spiro atoms. The van der Waals surface area contributed by atoms with E-state index < -0.39 is 6.04 Å². The van der Waals surface area contributed by atoms with Crippen molar-refractivity contribution in [2.45, 2.75) is 52.2 Å². The number of carbonyl (C=O) groups excluding carboxylic acids is 2. The molecular formula is C30H28ClN9O2. The Hall–Kier alpha value is -4.64. The van der Waals surface area contributed by atoms with Crippen LogP contribution < -0.4 is 11.1 Å². The number of nitrogen functional groups attached to an aromatic ring is 1. The van der Waals surface area contributed by atoms with Gasteiger partial charge in [0.1, 0.15) is 47.2 Å². The van der Waals surface area contributed by atoms with Gasteiger partial charge in [0.25, 0.3) is 0 Å². The van der Waals surface area contributed by atoms with Gasteiger partial charge in [-0.15, -0.1) is 0 Å². The van der Waals surface area contributed by atoms with Crippen LogP contribution in [0.25, 0.3) is 33.1 Å². The smallest absolute Gasteiger partial charge is 0.248 e. The molecule has 0 radical (unpaired) electrons. The number of hydrogen-bond acceptors (Lipinski definition) is 8. The van der Waals surface area contributed by atoms with Crippen LogP contribution in [0.4, 0.5) is 11.6 Å². The summed E-state index contributed by atoms with van der Waals surface area (Å²) >= 11 is 6.01. The molecule has 42 heavy (non-hydrogen) atoms. The molecule has 1 aromatic carbocycles. The third kappa shape index (κ3) is 4.23. The zero-order valence-corrected chi connectivity index (χ0v) is 24.1. The second kappa shape index (κ2) is 9.45. The number of halogens is 1. The Morgan fingerprint density at radius 1 is 1.10 bits per heavy atom. The van der Waals surface area contributed by atoms with Crippen LogP contribution >= 0.6 is 11.6 Å². The summed E-state index contributed by atoms with van der Waals surface area (Å²) < 4.78 is 1.89. The van der Waals surface area contributed by atoms with Crippen LogP contribution in [0.5, 0.6) is 0 Å². The van der Waals surface area contributed by atoms with Gasteiger partial charge in [0.15, 0.2) is 0 Å². The van der Waals surface area contributed by atoms with Crippen LogP contribution in [-0.4, -0.2) is 58.3 Å². The first-order valence-corrected chi connectivity index (χ1v) is 14.1. The van der Waals surface area contributed by atoms with Crippen LogP contribution in [0.15, 0.2) is 49.1 Å². The second-order valence-corrected chi connectivity index (χ2v) is 11.9. The van der Waals surface area contributed by atoms with Crippen molar-refractivity contribution in [3.05, 3.63) is 65.6 Å². The summed E-state index contributed by atoms with van der Waals surface area (Å²) in [4.78, 5) is 50.9. The molecule has 1 aliphatic carbocycles. The molecule has 0 bridgehead atoms. The lowest BCUT2D eigenvalue weighted by Gasteiger charge is -2.27. The highest BCUT2D eigenvalue weighted by Crippen LogP contribution is 2.59. The first-order valence-electron chi connectivity index (χ1n) is 13.7. The van der Waals surface area contributed by atoms with Gasteiger partial charge in [-0.25, -0.2) is 24.9 Å². The van der Waals surface area contributed by atoms with E-state index in [0.29, 0.717) is 34.9 Å². The zero-order valence-electron chi connectivity index (χ0n) is 23.3. The summed E-state index contributed by atoms with van der Waals surface area (Å²) in [6.07, 6.45) is 6.43. The first kappa shape index (κ1) is 26.3. The number of nitrogens with zero attached hydrogens (tertiary/aromatic N) is 7. The van der Waals surface area contributed by atoms with E-state index in [0.717, 1.165) is 34.0 Å². The van der Waals surface area contributed by atoms with Crippen LogP contribution in [0.3, 0.4) is 0 Å². The van der Waals surface area contributed by atoms with Crippen molar-refractivity contribution in [3.63, 3.8) is 0 Å². The molecule has 12 heteroatoms. The number of fused-ring (bicyclic) bond motifs is 4. The number of nitrogens with one attached hydrogen (secondary N) is 1. The monoisotopic (exact) mass is 581 g/mol. The number of hydrogen-bond donors (Lipinski definition) is 2. The lowest BCUT2D eigenvalue weighted by atomic mass is 10.0. The highest BCUT2D eigenvalue weighted by molar-refractivity contribution is 6.29. The minimum Gasteiger partial charge on any atom is -0.383 e. The topological polar surface area (TPSA) is 145 Å². The van der Waals surface area contributed by atoms with Crippen LogP contribution in [0, 0.1) is 19.3 Å². The molecule has 1 aliphatic heterocycles. The van der Waals surface area contributed by atoms with Crippen molar-refractivity contribution < 1.29 is 9.59 Å². The molecule has 0 unspecified atom stereocenters. The maximum atomic E-state index is 14.1. The summed E-state index contributed by atoms with van der Waals surface area (Å²) in [6, 6.07) is 8.47. The lowest BCUT2D eigenvalue weighted by molar-refractivity contribution is -0.138. The molecule has 2 fully saturated rings. The van der Waals surface area contributed by atoms with Crippen LogP contribution in [-0.2, 0) is 16.1 Å². The van der Waals surface area contributed by atoms with Crippen molar-refractivity contribution >= 4 is 57.0 Å². The molecule has 3 atom stereocenters. The van der Waals surface area contributed by atoms with Gasteiger partial charge >= 0.3 is 0 Å². The molecule has 3 N–H and O–H groups in total. The van der Waals surface area contributed by atoms with Gasteiger partial charge in [-0.2, -0.15) is 0 Å². The number of piperidine rings is 1. The molecule has 5 aromatic rings. The third-order valence-electron chi connectivity index (χ3n) is 8.55. The average Bonchev–Trinajstić information content (AvgIpc) is 3.35. The minimum absolute atomic E-state index is 0.00391. The Kier molecular flexibility index (Phi) is 5.91. The third-order valence-corrected chi connectivity index (χ3v) is 8.76. The lowest BCUT2D eigenvalue weighted by Crippen LogP contribution is -2.46. The number of aromatic nitrogens is 6. The van der Waals surface area contributed by atoms with E-state index in [2.05, 4.69) is 37.2 Å². The SMILES string of the molecule is Cc1ncc(-c2cc(C)c3c(c2)c2c(N)ncnc2n3CC(=O)N2[C@H](C(=O)Nc3cccc(Cl)n3)C[C@@]3(C)C[C@@H]23)cn1. The van der Waals surface area contributed by atoms with E-state index >= 15 is 0 Å². The predicted octanol–water partition coefficient (Wildman–Crippen LogP) is 4.31. The summed E-state index contributed by atoms with van der Waals surface area (Å²) in [7, 11) is 0. The van der Waals surface area contributed by atoms with Gasteiger partial charge in [-0.05, 0) is 67.5 Å². The van der Waals surface area contributed by atoms with E-state index in [9.17, 15) is 9.59 Å². The highest BCUT2D eigenvalue weighted by atomic mass is 35.5. The van der Waals surface area contributed by atoms with Crippen LogP contribution in [0.1, 0.15) is 31.2 Å². The molecule has 1 saturated heterocycles. The summed E-state index contributed by atoms with van der Waals surface area (Å²) in [5.41, 5.74) is 10.4. The van der Waals surface area contributed by atoms with E-state index in [1.807, 2.05) is 30.5 Å². The Morgan fingerprint density at radius 3 is 2.64 bits per heavy atom. The van der Waals surface area contributed by atoms with E-state index in [4.69, 9.17) is 17.3 Å². The fraction of sp³-hybridized carbons (Fsp3) is 0.300. The number of aryl methyl sites for hydroxylation is 2. The minimum atomic E-state index is -0.621. The molecule has 5 heterocycles. The quantitative estimate of drug-likeness (QED) is 0.292. The summed E-state index contributed by atoms with van der Waals surface area (Å²) in [6.45, 7) is 5.95. The molecule has 4 aromatic heterocycles. The van der Waals surface area contributed by atoms with Gasteiger partial charge in [-0.1, -0.05) is 24.6 Å². The van der Waals surface area contributed by atoms with Crippen molar-refractivity contribution in [1.82, 2.24) is 34.4 Å². The number of amides is 2. The number of anilines is 2. The largest absolute Gasteiger partial charge is 0.383 e. The number of benzene rings is 1. The van der Waals surface area contributed by atoms with Crippen molar-refractivity contribution in [2.75, 3.05) is 11.1 Å². The molecule has 7 rings (SSSR count). The second-order valence-electron chi connectivity index (χ2n) is 11.5. The Balaban J connectivity index is 1.27. The number of nitrogens with two attached hydrogens (primary N) is 1. The van der Waals surface area contributed by atoms with E-state index in [-0.39, 0.29) is 35.0 Å². The Morgan fingerprint density at radius 2 is 1.88 bits per heavy atom. The van der Waals surface area contributed by atoms with Gasteiger partial charge in [0.2, 0.25) is 11.8 Å². The summed E-state index contributed by atoms with van der Waals surface area (Å²) in [5, 5.41) is 4.64. The van der Waals surface area contributed by atoms with Gasteiger partial charge in [0.05, 0.1) is 10.9 Å². The molecule has 2 aliphatic rings. The highest BCUT2D eigenvalue weighted by Gasteiger charge is 2.64. The number of carbonyl (C=O) groups is 2. The fourth-order valence-corrected chi connectivity index (χ4v) is 6.58. The van der Waals surface area contributed by atoms with Gasteiger partial charge in [0, 0.05) is 29.4 Å². The average molecular weight is 582 g/mol. The molecule has 1 saturated carbocycles. The predicted molar refractivity (Wildman–Crippen MR) is 160 cm³/mol. The first-order chi connectivity index (χ1) is 20.1. The van der Waals surface area contributed by atoms with Gasteiger partial charge in [-0.3, -0.25) is 9.59 Å². The van der Waals surface area contributed by atoms with Crippen molar-refractivity contribution in [2.24, 2.45) is 5.41 Å². The number of likely N-dealkylation sites (tertiary alicyclic amines) is 1. The van der Waals surface area contributed by atoms with E-state index in [1.54, 1.807) is 35.5 Å². The number of rotatable bonds is 5. The van der Waals surface area contributed by atoms with Crippen molar-refractivity contribution in [3.8, 4) is 11.1 Å². The summed E-state index contributed by atoms with van der Waals surface area (Å²) in [5.74, 6) is 0.933. The molecule has 2 amide bonds. The van der Waals surface area contributed by atoms with Crippen LogP contribution in [0.2, 0.25) is 5.15 Å². The Labute approximate surface area is 246 Å². The molecular weight excluding hydrogens is 554 g/mol. The number of pyridine rings is 1. The van der Waals surface area contributed by atoms with E-state index in [1.165, 1.54) is 6.33 Å². The standard InChI is InChI=1S/C30H28ClN9O2/c1-15-7-17(18-11-33-16(2)34-12-18)8-19-25-27(32)35-14-36-28(25)39(26(15)19)13-24(41)40-20(9-30(3)10-21(30)40)29(42)38-23-6-4-5-22(31)37-23/h4-8,11-12,14,20-21H,9-10,13H2,1-3H3,(H2,32,35,36)(H,37,38,42)/t20-,21+,30-/m0/s1. The zero-order chi connectivity index (χ0) is 29.3. The van der Waals surface area contributed by atoms with Crippen molar-refractivity contribution in [1.29, 1.82) is 0 Å². The molecule has 11 nitrogen and oxygen atoms in total. The maximum Gasteiger partial charge on any atom is 0.248 e. The molecule has 212 valence electrons. The fourth-order valence-electron chi connectivity index (χ4n) is 6.41. The van der Waals surface area contributed by atoms with Gasteiger partial charge < -0.3 is 20.5 Å². The maximum absolute atomic E-state index is 14.1. The normalized spacial score (nSPS) is 21.1.